The van der Waals surface area contributed by atoms with Gasteiger partial charge in [0.15, 0.2) is 0 Å². The van der Waals surface area contributed by atoms with Crippen molar-refractivity contribution in [3.63, 3.8) is 0 Å². The smallest absolute Gasteiger partial charge is 0.371 e. The minimum atomic E-state index is -1.22. The molecule has 0 radical (unpaired) electrons. The van der Waals surface area contributed by atoms with Crippen molar-refractivity contribution in [1.29, 1.82) is 0 Å². The molecule has 0 aromatic heterocycles. The first-order valence-electron chi connectivity index (χ1n) is 6.60. The van der Waals surface area contributed by atoms with Gasteiger partial charge in [-0.25, -0.2) is 0 Å². The van der Waals surface area contributed by atoms with E-state index in [4.69, 9.17) is 9.47 Å². The molecule has 0 fully saturated rings. The summed E-state index contributed by atoms with van der Waals surface area (Å²) < 4.78 is 9.60. The molecule has 0 rings (SSSR count). The quantitative estimate of drug-likeness (QED) is 0.222. The molecule has 0 saturated heterocycles. The fourth-order valence-electron chi connectivity index (χ4n) is 1.56. The molecule has 0 aliphatic carbocycles. The predicted molar refractivity (Wildman–Crippen MR) is 68.2 cm³/mol. The number of hydrogen-bond acceptors (Lipinski definition) is 6. The summed E-state index contributed by atoms with van der Waals surface area (Å²) in [7, 11) is 0. The van der Waals surface area contributed by atoms with Crippen LogP contribution in [0.5, 0.6) is 0 Å². The minimum absolute atomic E-state index is 0.00810. The molecule has 0 amide bonds. The van der Waals surface area contributed by atoms with Gasteiger partial charge >= 0.3 is 24.4 Å². The van der Waals surface area contributed by atoms with Gasteiger partial charge in [0.25, 0.3) is 0 Å². The average Bonchev–Trinajstić information content (AvgIpc) is 2.35. The molecular weight excluding hydrogens is 268 g/mol. The fraction of sp³-hybridized carbons (Fsp3) is 0.833. The highest BCUT2D eigenvalue weighted by Gasteiger charge is 2.32. The zero-order valence-electron chi connectivity index (χ0n) is 12.3. The first kappa shape index (κ1) is 18.1. The molecule has 0 heterocycles. The lowest BCUT2D eigenvalue weighted by Crippen LogP contribution is -2.38. The van der Waals surface area contributed by atoms with Gasteiger partial charge in [-0.15, -0.1) is 0 Å². The van der Waals surface area contributed by atoms with Gasteiger partial charge in [-0.2, -0.15) is 0 Å². The van der Waals surface area contributed by atoms with E-state index in [1.807, 2.05) is 0 Å². The molecule has 0 aliphatic rings. The van der Waals surface area contributed by atoms with Crippen molar-refractivity contribution < 1.29 is 28.8 Å². The van der Waals surface area contributed by atoms with Gasteiger partial charge < -0.3 is 19.9 Å². The number of ether oxygens (including phenoxy) is 2. The molecule has 0 bridgehead atoms. The summed E-state index contributed by atoms with van der Waals surface area (Å²) in [6, 6.07) is 0. The van der Waals surface area contributed by atoms with E-state index in [1.165, 1.54) is 0 Å². The van der Waals surface area contributed by atoms with Gasteiger partial charge in [0, 0.05) is 13.8 Å². The minimum Gasteiger partial charge on any atom is -0.563 e. The second-order valence-electron chi connectivity index (χ2n) is 4.31. The van der Waals surface area contributed by atoms with Crippen LogP contribution in [0.4, 0.5) is 0 Å². The highest BCUT2D eigenvalue weighted by Crippen LogP contribution is 2.09. The molecule has 0 aromatic carbocycles. The van der Waals surface area contributed by atoms with Crippen molar-refractivity contribution in [3.05, 3.63) is 10.4 Å². The maximum absolute atomic E-state index is 11.9. The molecule has 8 heteroatoms. The van der Waals surface area contributed by atoms with Gasteiger partial charge in [0.2, 0.25) is 0 Å². The number of nitrogens with zero attached hydrogens (tertiary/aromatic N) is 2. The van der Waals surface area contributed by atoms with Crippen LogP contribution in [0.2, 0.25) is 0 Å². The summed E-state index contributed by atoms with van der Waals surface area (Å²) in [6.07, 6.45) is -0.913. The fourth-order valence-corrected chi connectivity index (χ4v) is 1.56. The summed E-state index contributed by atoms with van der Waals surface area (Å²) in [5, 5.41) is 23.9. The van der Waals surface area contributed by atoms with E-state index in [9.17, 15) is 20.0 Å². The third-order valence-electron chi connectivity index (χ3n) is 2.36. The zero-order valence-corrected chi connectivity index (χ0v) is 12.3. The monoisotopic (exact) mass is 290 g/mol. The van der Waals surface area contributed by atoms with E-state index in [1.54, 1.807) is 13.8 Å². The van der Waals surface area contributed by atoms with Crippen molar-refractivity contribution in [2.75, 3.05) is 0 Å². The van der Waals surface area contributed by atoms with Crippen molar-refractivity contribution in [2.24, 2.45) is 0 Å². The molecule has 116 valence electrons. The number of carbonyl (C=O) groups is 2. The Morgan fingerprint density at radius 1 is 0.900 bits per heavy atom. The summed E-state index contributed by atoms with van der Waals surface area (Å²) in [5.74, 6) is -1.31. The number of hydrogen-bond donors (Lipinski definition) is 0. The average molecular weight is 290 g/mol. The Morgan fingerprint density at radius 2 is 1.20 bits per heavy atom. The molecule has 0 saturated carbocycles. The van der Waals surface area contributed by atoms with Gasteiger partial charge in [-0.05, 0) is 12.8 Å². The van der Waals surface area contributed by atoms with Crippen LogP contribution < -0.4 is 0 Å². The van der Waals surface area contributed by atoms with E-state index in [0.717, 1.165) is 13.8 Å². The summed E-state index contributed by atoms with van der Waals surface area (Å²) in [5.41, 5.74) is 0. The molecule has 0 aromatic rings. The van der Waals surface area contributed by atoms with E-state index in [2.05, 4.69) is 0 Å². The lowest BCUT2D eigenvalue weighted by atomic mass is 10.3. The Labute approximate surface area is 118 Å². The Balaban J connectivity index is 5.18. The van der Waals surface area contributed by atoms with Crippen LogP contribution >= 0.6 is 0 Å². The number of esters is 2. The van der Waals surface area contributed by atoms with Crippen molar-refractivity contribution in [3.8, 4) is 0 Å². The molecule has 20 heavy (non-hydrogen) atoms. The second kappa shape index (κ2) is 9.11. The van der Waals surface area contributed by atoms with Gasteiger partial charge in [0.1, 0.15) is 0 Å². The predicted octanol–water partition coefficient (Wildman–Crippen LogP) is 1.84. The lowest BCUT2D eigenvalue weighted by molar-refractivity contribution is -1.02. The maximum Gasteiger partial charge on any atom is 0.371 e. The summed E-state index contributed by atoms with van der Waals surface area (Å²) in [6.45, 7) is 5.88. The van der Waals surface area contributed by atoms with E-state index < -0.39 is 24.4 Å². The number of azo groups is 1. The number of carbonyl (C=O) groups excluding carboxylic acids is 2. The second-order valence-corrected chi connectivity index (χ2v) is 4.31. The van der Waals surface area contributed by atoms with Crippen LogP contribution in [-0.2, 0) is 19.1 Å². The third-order valence-corrected chi connectivity index (χ3v) is 2.36. The molecular formula is C12H22N2O6. The highest BCUT2D eigenvalue weighted by molar-refractivity contribution is 5.66. The van der Waals surface area contributed by atoms with E-state index in [-0.39, 0.29) is 22.6 Å². The normalized spacial score (nSPS) is 15.0. The lowest BCUT2D eigenvalue weighted by Gasteiger charge is -2.17. The van der Waals surface area contributed by atoms with Crippen LogP contribution in [-0.4, -0.2) is 34.1 Å². The Bertz CT molecular complexity index is 335. The maximum atomic E-state index is 11.9. The highest BCUT2D eigenvalue weighted by atomic mass is 16.7. The van der Waals surface area contributed by atoms with Crippen LogP contribution in [0.15, 0.2) is 0 Å². The Hall–Kier alpha value is -1.86. The van der Waals surface area contributed by atoms with E-state index in [0.29, 0.717) is 12.8 Å². The number of hydroxylamine groups is 2. The van der Waals surface area contributed by atoms with Crippen molar-refractivity contribution in [1.82, 2.24) is 0 Å². The SMILES string of the molecule is CCCC(OC(C)=O)/[N+]([O-])=[N+](\[O-])C(CCC)OC(C)=O. The molecule has 0 N–H and O–H groups in total. The first-order valence-corrected chi connectivity index (χ1v) is 6.60. The third kappa shape index (κ3) is 6.35. The van der Waals surface area contributed by atoms with Gasteiger partial charge in [0.05, 0.1) is 22.6 Å². The van der Waals surface area contributed by atoms with Crippen molar-refractivity contribution >= 4 is 11.9 Å². The summed E-state index contributed by atoms with van der Waals surface area (Å²) >= 11 is 0. The first-order chi connectivity index (χ1) is 9.33. The molecule has 0 spiro atoms. The molecule has 2 atom stereocenters. The Morgan fingerprint density at radius 3 is 1.40 bits per heavy atom. The molecule has 2 unspecified atom stereocenters. The number of rotatable bonds is 8. The topological polar surface area (TPSA) is 105 Å². The van der Waals surface area contributed by atoms with Crippen molar-refractivity contribution in [2.45, 2.75) is 65.8 Å². The van der Waals surface area contributed by atoms with Crippen LogP contribution in [0, 0.1) is 10.4 Å². The molecule has 8 nitrogen and oxygen atoms in total. The summed E-state index contributed by atoms with van der Waals surface area (Å²) in [4.78, 5) is 21.9. The van der Waals surface area contributed by atoms with E-state index >= 15 is 0 Å². The zero-order chi connectivity index (χ0) is 15.7. The van der Waals surface area contributed by atoms with Gasteiger partial charge in [-0.1, -0.05) is 13.8 Å². The van der Waals surface area contributed by atoms with Gasteiger partial charge in [-0.3, -0.25) is 9.59 Å². The van der Waals surface area contributed by atoms with Crippen LogP contribution in [0.1, 0.15) is 53.4 Å². The molecule has 0 aliphatic heterocycles. The van der Waals surface area contributed by atoms with Crippen LogP contribution in [0.3, 0.4) is 0 Å². The Kier molecular flexibility index (Phi) is 8.26. The largest absolute Gasteiger partial charge is 0.563 e. The van der Waals surface area contributed by atoms with Crippen LogP contribution in [0.25, 0.3) is 0 Å². The standard InChI is InChI=1S/C12H22N2O6/c1-5-7-11(19-9(3)15)13(17)14(18)12(8-6-2)20-10(4)16/h11-12H,5-8H2,1-4H3/b14-13+.